The first-order valence-corrected chi connectivity index (χ1v) is 13.0. The fraction of sp³-hybridized carbons (Fsp3) is 0.161. The van der Waals surface area contributed by atoms with Crippen LogP contribution in [0.5, 0.6) is 11.5 Å². The van der Waals surface area contributed by atoms with Gasteiger partial charge in [0.15, 0.2) is 11.5 Å². The lowest BCUT2D eigenvalue weighted by atomic mass is 10.1. The van der Waals surface area contributed by atoms with E-state index in [4.69, 9.17) is 20.6 Å². The summed E-state index contributed by atoms with van der Waals surface area (Å²) in [5.41, 5.74) is 11.4. The zero-order chi connectivity index (χ0) is 27.9. The molecule has 5 rings (SSSR count). The number of fused-ring (bicyclic) bond motifs is 1. The number of rotatable bonds is 9. The van der Waals surface area contributed by atoms with Crippen molar-refractivity contribution in [1.82, 2.24) is 0 Å². The number of nitrogens with one attached hydrogen (secondary N) is 5. The Morgan fingerprint density at radius 2 is 1.52 bits per heavy atom. The first-order chi connectivity index (χ1) is 19.4. The highest BCUT2D eigenvalue weighted by atomic mass is 16.6. The van der Waals surface area contributed by atoms with E-state index in [9.17, 15) is 4.79 Å². The van der Waals surface area contributed by atoms with Crippen LogP contribution in [0.1, 0.15) is 29.7 Å². The Bertz CT molecular complexity index is 1490. The molecule has 0 saturated heterocycles. The molecule has 7 N–H and O–H groups in total. The summed E-state index contributed by atoms with van der Waals surface area (Å²) < 4.78 is 11.3. The molecule has 0 aromatic heterocycles. The van der Waals surface area contributed by atoms with E-state index in [-0.39, 0.29) is 17.9 Å². The number of carbonyl (C=O) groups is 1. The molecule has 0 aliphatic carbocycles. The normalized spacial score (nSPS) is 12.6. The van der Waals surface area contributed by atoms with E-state index in [0.29, 0.717) is 36.7 Å². The minimum absolute atomic E-state index is 0.00457. The molecule has 1 atom stereocenters. The number of hydrogen-bond donors (Lipinski definition) is 6. The van der Waals surface area contributed by atoms with Crippen molar-refractivity contribution >= 4 is 34.6 Å². The molecule has 9 heteroatoms. The first kappa shape index (κ1) is 26.4. The Morgan fingerprint density at radius 1 is 0.850 bits per heavy atom. The molecular weight excluding hydrogens is 504 g/mol. The van der Waals surface area contributed by atoms with E-state index in [1.165, 1.54) is 0 Å². The summed E-state index contributed by atoms with van der Waals surface area (Å²) in [6, 6.07) is 28.3. The summed E-state index contributed by atoms with van der Waals surface area (Å²) >= 11 is 0. The Kier molecular flexibility index (Phi) is 8.01. The summed E-state index contributed by atoms with van der Waals surface area (Å²) in [7, 11) is 0. The molecule has 204 valence electrons. The minimum atomic E-state index is -0.368. The van der Waals surface area contributed by atoms with Crippen LogP contribution in [-0.4, -0.2) is 25.1 Å². The zero-order valence-corrected chi connectivity index (χ0v) is 22.2. The number of ether oxygens (including phenoxy) is 2. The average Bonchev–Trinajstić information content (AvgIpc) is 2.97. The maximum Gasteiger partial charge on any atom is 0.323 e. The first-order valence-electron chi connectivity index (χ1n) is 13.0. The molecule has 4 aromatic rings. The maximum absolute atomic E-state index is 12.6. The molecule has 1 aliphatic rings. The van der Waals surface area contributed by atoms with E-state index in [0.717, 1.165) is 34.0 Å². The van der Waals surface area contributed by atoms with Gasteiger partial charge in [0.25, 0.3) is 0 Å². The van der Waals surface area contributed by atoms with Gasteiger partial charge in [-0.15, -0.1) is 0 Å². The van der Waals surface area contributed by atoms with Crippen molar-refractivity contribution in [3.63, 3.8) is 0 Å². The van der Waals surface area contributed by atoms with Gasteiger partial charge in [0.05, 0.1) is 11.4 Å². The third kappa shape index (κ3) is 6.63. The molecule has 9 nitrogen and oxygen atoms in total. The number of amides is 2. The smallest absolute Gasteiger partial charge is 0.323 e. The number of para-hydroxylation sites is 2. The van der Waals surface area contributed by atoms with Crippen molar-refractivity contribution in [3.05, 3.63) is 108 Å². The molecule has 0 radical (unpaired) electrons. The van der Waals surface area contributed by atoms with Crippen molar-refractivity contribution in [2.24, 2.45) is 5.73 Å². The summed E-state index contributed by atoms with van der Waals surface area (Å²) in [5.74, 6) is 1.52. The van der Waals surface area contributed by atoms with Crippen molar-refractivity contribution in [3.8, 4) is 11.5 Å². The van der Waals surface area contributed by atoms with Gasteiger partial charge in [-0.2, -0.15) is 0 Å². The second kappa shape index (κ2) is 12.1. The molecule has 1 heterocycles. The number of hydrogen-bond acceptors (Lipinski definition) is 6. The molecule has 0 fully saturated rings. The minimum Gasteiger partial charge on any atom is -0.486 e. The Hall–Kier alpha value is -5.18. The molecule has 0 bridgehead atoms. The van der Waals surface area contributed by atoms with Crippen LogP contribution >= 0.6 is 0 Å². The van der Waals surface area contributed by atoms with Gasteiger partial charge in [-0.3, -0.25) is 5.41 Å². The number of benzene rings is 4. The van der Waals surface area contributed by atoms with Crippen molar-refractivity contribution in [2.75, 3.05) is 34.5 Å². The Balaban J connectivity index is 1.16. The number of amidine groups is 1. The average molecular weight is 537 g/mol. The number of carbonyl (C=O) groups excluding carboxylic acids is 1. The van der Waals surface area contributed by atoms with Crippen LogP contribution < -0.4 is 36.5 Å². The highest BCUT2D eigenvalue weighted by Gasteiger charge is 2.13. The van der Waals surface area contributed by atoms with Gasteiger partial charge in [0.2, 0.25) is 0 Å². The molecule has 4 aromatic carbocycles. The van der Waals surface area contributed by atoms with Gasteiger partial charge in [0, 0.05) is 35.6 Å². The molecule has 2 amide bonds. The number of nitrogen functional groups attached to an aromatic ring is 1. The lowest BCUT2D eigenvalue weighted by Gasteiger charge is -2.20. The van der Waals surface area contributed by atoms with Gasteiger partial charge < -0.3 is 36.5 Å². The predicted octanol–water partition coefficient (Wildman–Crippen LogP) is 6.17. The molecule has 0 saturated carbocycles. The van der Waals surface area contributed by atoms with Crippen LogP contribution in [0.4, 0.5) is 27.5 Å². The topological polar surface area (TPSA) is 134 Å². The summed E-state index contributed by atoms with van der Waals surface area (Å²) in [6.45, 7) is 3.90. The predicted molar refractivity (Wildman–Crippen MR) is 160 cm³/mol. The molecule has 40 heavy (non-hydrogen) atoms. The molecule has 1 unspecified atom stereocenters. The molecule has 1 aliphatic heterocycles. The maximum atomic E-state index is 12.6. The van der Waals surface area contributed by atoms with Crippen LogP contribution in [0.2, 0.25) is 0 Å². The summed E-state index contributed by atoms with van der Waals surface area (Å²) in [5, 5.41) is 20.1. The zero-order valence-electron chi connectivity index (χ0n) is 22.2. The van der Waals surface area contributed by atoms with Crippen molar-refractivity contribution in [2.45, 2.75) is 19.5 Å². The summed E-state index contributed by atoms with van der Waals surface area (Å²) in [4.78, 5) is 12.6. The fourth-order valence-corrected chi connectivity index (χ4v) is 4.33. The number of urea groups is 1. The van der Waals surface area contributed by atoms with E-state index in [1.54, 1.807) is 24.3 Å². The SMILES string of the molecule is CC(Nc1ccccc1NC(=O)Nc1ccc(C(=N)N)cc1)c1ccc(CNc2ccc3c(c2)OCCO3)cc1. The van der Waals surface area contributed by atoms with Crippen LogP contribution in [0.25, 0.3) is 0 Å². The van der Waals surface area contributed by atoms with E-state index >= 15 is 0 Å². The lowest BCUT2D eigenvalue weighted by Crippen LogP contribution is -2.20. The third-order valence-electron chi connectivity index (χ3n) is 6.52. The van der Waals surface area contributed by atoms with Crippen LogP contribution in [0.15, 0.2) is 91.0 Å². The Labute approximate surface area is 233 Å². The third-order valence-corrected chi connectivity index (χ3v) is 6.52. The quantitative estimate of drug-likeness (QED) is 0.112. The second-order valence-corrected chi connectivity index (χ2v) is 9.44. The fourth-order valence-electron chi connectivity index (χ4n) is 4.33. The van der Waals surface area contributed by atoms with Crippen molar-refractivity contribution in [1.29, 1.82) is 5.41 Å². The van der Waals surface area contributed by atoms with Crippen LogP contribution in [0, 0.1) is 5.41 Å². The van der Waals surface area contributed by atoms with Gasteiger partial charge in [0.1, 0.15) is 19.0 Å². The van der Waals surface area contributed by atoms with Gasteiger partial charge in [-0.25, -0.2) is 4.79 Å². The summed E-state index contributed by atoms with van der Waals surface area (Å²) in [6.07, 6.45) is 0. The van der Waals surface area contributed by atoms with Crippen LogP contribution in [0.3, 0.4) is 0 Å². The number of nitrogens with two attached hydrogens (primary N) is 1. The van der Waals surface area contributed by atoms with E-state index in [2.05, 4.69) is 52.5 Å². The van der Waals surface area contributed by atoms with Gasteiger partial charge in [-0.05, 0) is 66.6 Å². The second-order valence-electron chi connectivity index (χ2n) is 9.44. The largest absolute Gasteiger partial charge is 0.486 e. The molecule has 0 spiro atoms. The Morgan fingerprint density at radius 3 is 2.25 bits per heavy atom. The van der Waals surface area contributed by atoms with Crippen LogP contribution in [-0.2, 0) is 6.54 Å². The standard InChI is InChI=1S/C31H32N6O3/c1-20(22-8-6-21(7-9-22)19-34-25-14-15-28-29(18-25)40-17-16-39-28)35-26-4-2-3-5-27(26)37-31(38)36-24-12-10-23(11-13-24)30(32)33/h2-15,18,20,34-35H,16-17,19H2,1H3,(H3,32,33)(H2,36,37,38). The van der Waals surface area contributed by atoms with Gasteiger partial charge >= 0.3 is 6.03 Å². The number of anilines is 4. The monoisotopic (exact) mass is 536 g/mol. The lowest BCUT2D eigenvalue weighted by molar-refractivity contribution is 0.171. The van der Waals surface area contributed by atoms with E-state index in [1.807, 2.05) is 42.5 Å². The molecular formula is C31H32N6O3. The highest BCUT2D eigenvalue weighted by Crippen LogP contribution is 2.33. The van der Waals surface area contributed by atoms with E-state index < -0.39 is 0 Å². The van der Waals surface area contributed by atoms with Gasteiger partial charge in [-0.1, -0.05) is 36.4 Å². The highest BCUT2D eigenvalue weighted by molar-refractivity contribution is 6.02. The van der Waals surface area contributed by atoms with Crippen molar-refractivity contribution < 1.29 is 14.3 Å².